The van der Waals surface area contributed by atoms with E-state index in [2.05, 4.69) is 5.32 Å². The highest BCUT2D eigenvalue weighted by Gasteiger charge is 2.28. The molecule has 0 aliphatic rings. The van der Waals surface area contributed by atoms with Crippen LogP contribution in [0, 0.1) is 0 Å². The van der Waals surface area contributed by atoms with Gasteiger partial charge in [0.05, 0.1) is 19.8 Å². The molecule has 0 fully saturated rings. The number of benzene rings is 2. The predicted molar refractivity (Wildman–Crippen MR) is 107 cm³/mol. The zero-order valence-electron chi connectivity index (χ0n) is 16.3. The molecule has 0 radical (unpaired) electrons. The monoisotopic (exact) mass is 383 g/mol. The molecule has 3 aromatic rings. The molecule has 1 heterocycles. The molecule has 6 nitrogen and oxygen atoms in total. The van der Waals surface area contributed by atoms with Crippen molar-refractivity contribution in [2.75, 3.05) is 19.8 Å². The molecule has 0 aliphatic carbocycles. The van der Waals surface area contributed by atoms with Gasteiger partial charge < -0.3 is 24.3 Å². The summed E-state index contributed by atoms with van der Waals surface area (Å²) < 4.78 is 16.8. The average molecular weight is 383 g/mol. The van der Waals surface area contributed by atoms with Gasteiger partial charge in [0.1, 0.15) is 16.9 Å². The van der Waals surface area contributed by atoms with E-state index in [1.807, 2.05) is 38.1 Å². The van der Waals surface area contributed by atoms with E-state index in [4.69, 9.17) is 13.9 Å². The highest BCUT2D eigenvalue weighted by atomic mass is 16.5. The maximum atomic E-state index is 12.6. The van der Waals surface area contributed by atoms with Crippen molar-refractivity contribution in [2.24, 2.45) is 0 Å². The first-order chi connectivity index (χ1) is 13.4. The molecule has 148 valence electrons. The van der Waals surface area contributed by atoms with E-state index >= 15 is 0 Å². The van der Waals surface area contributed by atoms with Crippen molar-refractivity contribution in [1.82, 2.24) is 5.32 Å². The zero-order chi connectivity index (χ0) is 20.1. The molecule has 0 bridgehead atoms. The third kappa shape index (κ3) is 4.28. The quantitative estimate of drug-likeness (QED) is 0.617. The fraction of sp³-hybridized carbons (Fsp3) is 0.318. The average Bonchev–Trinajstić information content (AvgIpc) is 3.13. The lowest BCUT2D eigenvalue weighted by atomic mass is 10.0. The molecule has 28 heavy (non-hydrogen) atoms. The number of aliphatic hydroxyl groups is 1. The van der Waals surface area contributed by atoms with Crippen molar-refractivity contribution in [1.29, 1.82) is 0 Å². The molecule has 0 spiro atoms. The summed E-state index contributed by atoms with van der Waals surface area (Å²) in [6.45, 7) is 6.33. The van der Waals surface area contributed by atoms with Crippen LogP contribution in [0.5, 0.6) is 11.5 Å². The van der Waals surface area contributed by atoms with Gasteiger partial charge in [-0.05, 0) is 51.1 Å². The van der Waals surface area contributed by atoms with Crippen molar-refractivity contribution in [2.45, 2.75) is 26.4 Å². The second-order valence-electron chi connectivity index (χ2n) is 6.63. The Bertz CT molecular complexity index is 927. The number of ether oxygens (including phenoxy) is 2. The minimum absolute atomic E-state index is 0.00281. The highest BCUT2D eigenvalue weighted by molar-refractivity contribution is 5.95. The summed E-state index contributed by atoms with van der Waals surface area (Å²) >= 11 is 0. The van der Waals surface area contributed by atoms with Gasteiger partial charge in [-0.3, -0.25) is 4.79 Å². The van der Waals surface area contributed by atoms with Crippen LogP contribution in [-0.2, 0) is 5.60 Å². The number of carbonyl (C=O) groups is 1. The summed E-state index contributed by atoms with van der Waals surface area (Å²) in [6.07, 6.45) is 0. The van der Waals surface area contributed by atoms with Crippen molar-refractivity contribution in [3.8, 4) is 11.5 Å². The summed E-state index contributed by atoms with van der Waals surface area (Å²) in [7, 11) is 0. The maximum Gasteiger partial charge on any atom is 0.251 e. The number of amides is 1. The highest BCUT2D eigenvalue weighted by Crippen LogP contribution is 2.29. The second-order valence-corrected chi connectivity index (χ2v) is 6.63. The molecular formula is C22H25NO5. The molecule has 2 aromatic carbocycles. The Labute approximate surface area is 164 Å². The summed E-state index contributed by atoms with van der Waals surface area (Å²) in [4.78, 5) is 12.6. The van der Waals surface area contributed by atoms with Crippen LogP contribution in [0.3, 0.4) is 0 Å². The maximum absolute atomic E-state index is 12.6. The molecule has 1 amide bonds. The number of furan rings is 1. The van der Waals surface area contributed by atoms with Crippen LogP contribution >= 0.6 is 0 Å². The Morgan fingerprint density at radius 1 is 1.07 bits per heavy atom. The van der Waals surface area contributed by atoms with Gasteiger partial charge in [0, 0.05) is 10.9 Å². The van der Waals surface area contributed by atoms with Crippen LogP contribution in [0.25, 0.3) is 11.0 Å². The number of para-hydroxylation sites is 1. The molecule has 1 unspecified atom stereocenters. The summed E-state index contributed by atoms with van der Waals surface area (Å²) in [5.74, 6) is 1.19. The molecule has 0 aliphatic heterocycles. The number of hydrogen-bond donors (Lipinski definition) is 2. The smallest absolute Gasteiger partial charge is 0.251 e. The number of hydrogen-bond acceptors (Lipinski definition) is 5. The zero-order valence-corrected chi connectivity index (χ0v) is 16.3. The molecule has 3 rings (SSSR count). The van der Waals surface area contributed by atoms with Gasteiger partial charge in [0.15, 0.2) is 11.5 Å². The lowest BCUT2D eigenvalue weighted by molar-refractivity contribution is 0.0344. The van der Waals surface area contributed by atoms with Gasteiger partial charge in [0.2, 0.25) is 0 Å². The molecule has 0 saturated carbocycles. The van der Waals surface area contributed by atoms with Gasteiger partial charge in [-0.2, -0.15) is 0 Å². The summed E-state index contributed by atoms with van der Waals surface area (Å²) in [5.41, 5.74) is -0.229. The third-order valence-electron chi connectivity index (χ3n) is 4.36. The molecule has 2 N–H and O–H groups in total. The van der Waals surface area contributed by atoms with E-state index in [1.54, 1.807) is 31.2 Å². The number of carbonyl (C=O) groups excluding carboxylic acids is 1. The van der Waals surface area contributed by atoms with Crippen LogP contribution in [0.1, 0.15) is 36.9 Å². The first kappa shape index (κ1) is 19.8. The van der Waals surface area contributed by atoms with Crippen molar-refractivity contribution in [3.05, 3.63) is 59.9 Å². The molecular weight excluding hydrogens is 358 g/mol. The molecule has 1 atom stereocenters. The Hall–Kier alpha value is -2.99. The van der Waals surface area contributed by atoms with Crippen LogP contribution in [0.15, 0.2) is 52.9 Å². The van der Waals surface area contributed by atoms with Crippen molar-refractivity contribution < 1.29 is 23.8 Å². The lowest BCUT2D eigenvalue weighted by Crippen LogP contribution is -2.38. The topological polar surface area (TPSA) is 80.9 Å². The Morgan fingerprint density at radius 3 is 2.50 bits per heavy atom. The van der Waals surface area contributed by atoms with E-state index in [0.29, 0.717) is 41.6 Å². The minimum Gasteiger partial charge on any atom is -0.490 e. The third-order valence-corrected chi connectivity index (χ3v) is 4.36. The fourth-order valence-corrected chi connectivity index (χ4v) is 2.88. The Morgan fingerprint density at radius 2 is 1.79 bits per heavy atom. The van der Waals surface area contributed by atoms with Crippen molar-refractivity contribution >= 4 is 16.9 Å². The van der Waals surface area contributed by atoms with E-state index in [0.717, 1.165) is 5.39 Å². The summed E-state index contributed by atoms with van der Waals surface area (Å²) in [5, 5.41) is 14.4. The minimum atomic E-state index is -1.34. The van der Waals surface area contributed by atoms with Gasteiger partial charge >= 0.3 is 0 Å². The van der Waals surface area contributed by atoms with Gasteiger partial charge in [-0.15, -0.1) is 0 Å². The van der Waals surface area contributed by atoms with E-state index in [-0.39, 0.29) is 12.5 Å². The first-order valence-corrected chi connectivity index (χ1v) is 9.34. The number of nitrogens with one attached hydrogen (secondary N) is 1. The fourth-order valence-electron chi connectivity index (χ4n) is 2.88. The normalized spacial score (nSPS) is 13.1. The standard InChI is InChI=1S/C22H25NO5/c1-4-26-18-11-10-16(12-19(18)27-5-2)21(24)23-14-22(3,25)20-13-15-8-6-7-9-17(15)28-20/h6-13,25H,4-5,14H2,1-3H3,(H,23,24). The number of rotatable bonds is 8. The SMILES string of the molecule is CCOc1ccc(C(=O)NCC(C)(O)c2cc3ccccc3o2)cc1OCC. The number of fused-ring (bicyclic) bond motifs is 1. The molecule has 1 aromatic heterocycles. The van der Waals surface area contributed by atoms with Gasteiger partial charge in [-0.1, -0.05) is 18.2 Å². The second kappa shape index (κ2) is 8.35. The van der Waals surface area contributed by atoms with Crippen LogP contribution in [0.2, 0.25) is 0 Å². The van der Waals surface area contributed by atoms with Crippen LogP contribution in [-0.4, -0.2) is 30.8 Å². The largest absolute Gasteiger partial charge is 0.490 e. The molecule has 6 heteroatoms. The van der Waals surface area contributed by atoms with Gasteiger partial charge in [0.25, 0.3) is 5.91 Å². The van der Waals surface area contributed by atoms with E-state index in [1.165, 1.54) is 0 Å². The lowest BCUT2D eigenvalue weighted by Gasteiger charge is -2.21. The van der Waals surface area contributed by atoms with Gasteiger partial charge in [-0.25, -0.2) is 0 Å². The van der Waals surface area contributed by atoms with E-state index < -0.39 is 5.60 Å². The Balaban J connectivity index is 1.72. The van der Waals surface area contributed by atoms with Crippen LogP contribution in [0.4, 0.5) is 0 Å². The van der Waals surface area contributed by atoms with Crippen LogP contribution < -0.4 is 14.8 Å². The first-order valence-electron chi connectivity index (χ1n) is 9.34. The Kier molecular flexibility index (Phi) is 5.90. The predicted octanol–water partition coefficient (Wildman–Crippen LogP) is 3.87. The summed E-state index contributed by atoms with van der Waals surface area (Å²) in [6, 6.07) is 14.3. The van der Waals surface area contributed by atoms with E-state index in [9.17, 15) is 9.90 Å². The molecule has 0 saturated heterocycles. The van der Waals surface area contributed by atoms with Crippen molar-refractivity contribution in [3.63, 3.8) is 0 Å².